The molecule has 0 aromatic rings. The number of ether oxygens (including phenoxy) is 5. The molecule has 232 valence electrons. The van der Waals surface area contributed by atoms with Crippen LogP contribution in [-0.2, 0) is 42.9 Å². The highest BCUT2D eigenvalue weighted by Gasteiger charge is 2.85. The second-order valence-electron chi connectivity index (χ2n) is 15.0. The standard InChI is InChI=1S/C31H42O11/c1-13-11-17(39-25(13)35)22(38-15(3)32)14(2)21-23-28(21,6)9-10-29-16(24(34)31(23,37)42-29)7-8-18-27(4,5)40-19-12-20(33)41-30(18,19)26(29)36/h13-14,16-19,21-23,26,36-37H,7-12H2,1-6H3/t13-,14+,16+,17+,18+,19-,21+,22+,23+,26+,28-,29-,30-,31+/m1/s1. The van der Waals surface area contributed by atoms with Gasteiger partial charge in [-0.2, -0.15) is 0 Å². The van der Waals surface area contributed by atoms with Gasteiger partial charge in [-0.3, -0.25) is 19.2 Å². The number of fused-ring (bicyclic) bond motifs is 3. The third-order valence-corrected chi connectivity index (χ3v) is 12.4. The molecule has 0 amide bonds. The maximum absolute atomic E-state index is 14.3. The summed E-state index contributed by atoms with van der Waals surface area (Å²) in [4.78, 5) is 51.3. The van der Waals surface area contributed by atoms with Crippen molar-refractivity contribution in [2.45, 2.75) is 127 Å². The van der Waals surface area contributed by atoms with Crippen LogP contribution in [0.15, 0.2) is 0 Å². The number of aliphatic hydroxyl groups excluding tert-OH is 1. The third kappa shape index (κ3) is 3.37. The van der Waals surface area contributed by atoms with E-state index in [0.29, 0.717) is 25.7 Å². The molecule has 2 bridgehead atoms. The number of carbonyl (C=O) groups is 4. The Morgan fingerprint density at radius 3 is 2.48 bits per heavy atom. The first-order valence-corrected chi connectivity index (χ1v) is 15.4. The third-order valence-electron chi connectivity index (χ3n) is 12.4. The Labute approximate surface area is 244 Å². The molecule has 2 saturated carbocycles. The molecular weight excluding hydrogens is 548 g/mol. The maximum atomic E-state index is 14.3. The molecule has 42 heavy (non-hydrogen) atoms. The van der Waals surface area contributed by atoms with Gasteiger partial charge in [0.25, 0.3) is 0 Å². The molecule has 0 unspecified atom stereocenters. The minimum Gasteiger partial charge on any atom is -0.458 e. The Balaban J connectivity index is 1.24. The molecule has 0 aromatic heterocycles. The Morgan fingerprint density at radius 2 is 1.83 bits per heavy atom. The predicted octanol–water partition coefficient (Wildman–Crippen LogP) is 1.83. The van der Waals surface area contributed by atoms with Gasteiger partial charge >= 0.3 is 17.9 Å². The number of hydrogen-bond acceptors (Lipinski definition) is 11. The van der Waals surface area contributed by atoms with Crippen molar-refractivity contribution in [2.75, 3.05) is 0 Å². The van der Waals surface area contributed by atoms with Gasteiger partial charge in [-0.1, -0.05) is 20.8 Å². The molecule has 11 heteroatoms. The second kappa shape index (κ2) is 8.55. The normalized spacial score (nSPS) is 53.0. The zero-order valence-electron chi connectivity index (χ0n) is 25.1. The summed E-state index contributed by atoms with van der Waals surface area (Å²) >= 11 is 0. The Hall–Kier alpha value is -2.08. The Bertz CT molecular complexity index is 1260. The van der Waals surface area contributed by atoms with Crippen molar-refractivity contribution in [3.63, 3.8) is 0 Å². The molecule has 7 rings (SSSR count). The first-order valence-electron chi connectivity index (χ1n) is 15.4. The van der Waals surface area contributed by atoms with Gasteiger partial charge in [0.1, 0.15) is 30.0 Å². The summed E-state index contributed by atoms with van der Waals surface area (Å²) in [5, 5.41) is 24.5. The van der Waals surface area contributed by atoms with Crippen LogP contribution < -0.4 is 0 Å². The number of esters is 3. The lowest BCUT2D eigenvalue weighted by molar-refractivity contribution is -0.276. The van der Waals surface area contributed by atoms with E-state index >= 15 is 0 Å². The number of rotatable bonds is 4. The number of ketones is 1. The summed E-state index contributed by atoms with van der Waals surface area (Å²) in [6.45, 7) is 10.8. The van der Waals surface area contributed by atoms with Crippen molar-refractivity contribution < 1.29 is 53.1 Å². The van der Waals surface area contributed by atoms with Crippen LogP contribution in [0.3, 0.4) is 0 Å². The minimum absolute atomic E-state index is 0.0117. The van der Waals surface area contributed by atoms with Crippen molar-refractivity contribution in [2.24, 2.45) is 40.9 Å². The van der Waals surface area contributed by atoms with Crippen LogP contribution >= 0.6 is 0 Å². The molecular formula is C31H42O11. The highest BCUT2D eigenvalue weighted by molar-refractivity contribution is 5.92. The van der Waals surface area contributed by atoms with Gasteiger partial charge in [-0.25, -0.2) is 0 Å². The van der Waals surface area contributed by atoms with Crippen LogP contribution in [0.5, 0.6) is 0 Å². The fraction of sp³-hybridized carbons (Fsp3) is 0.871. The molecule has 0 aromatic carbocycles. The second-order valence-corrected chi connectivity index (χ2v) is 15.0. The molecule has 7 fully saturated rings. The monoisotopic (exact) mass is 590 g/mol. The number of aliphatic hydroxyl groups is 2. The van der Waals surface area contributed by atoms with E-state index in [9.17, 15) is 29.4 Å². The number of cyclic esters (lactones) is 1. The molecule has 2 aliphatic carbocycles. The summed E-state index contributed by atoms with van der Waals surface area (Å²) in [6, 6.07) is 0. The molecule has 5 heterocycles. The summed E-state index contributed by atoms with van der Waals surface area (Å²) in [5.41, 5.74) is -4.08. The SMILES string of the molecule is CC(=O)O[C@@H]([C@@H](C)[C@H]1[C@H]2[C@]1(C)CC[C@@]13O[C@]2(O)C(=O)[C@@H]1CC[C@H]1C(C)(C)O[C@@H]2CC(=O)O[C@@]21[C@H]3O)[C@@H]1C[C@@H](C)C(=O)O1. The van der Waals surface area contributed by atoms with Crippen molar-refractivity contribution in [3.8, 4) is 0 Å². The van der Waals surface area contributed by atoms with Crippen LogP contribution in [-0.4, -0.2) is 80.9 Å². The lowest BCUT2D eigenvalue weighted by Crippen LogP contribution is -2.63. The first kappa shape index (κ1) is 28.7. The zero-order valence-corrected chi connectivity index (χ0v) is 25.1. The topological polar surface area (TPSA) is 155 Å². The fourth-order valence-electron chi connectivity index (χ4n) is 10.7. The first-order chi connectivity index (χ1) is 19.5. The summed E-state index contributed by atoms with van der Waals surface area (Å²) < 4.78 is 30.2. The highest BCUT2D eigenvalue weighted by atomic mass is 16.7. The average Bonchev–Trinajstić information content (AvgIpc) is 2.99. The van der Waals surface area contributed by atoms with E-state index in [1.165, 1.54) is 6.92 Å². The molecule has 5 saturated heterocycles. The van der Waals surface area contributed by atoms with E-state index in [1.54, 1.807) is 6.92 Å². The van der Waals surface area contributed by atoms with E-state index in [0.717, 1.165) is 0 Å². The van der Waals surface area contributed by atoms with E-state index in [2.05, 4.69) is 0 Å². The minimum atomic E-state index is -2.17. The predicted molar refractivity (Wildman–Crippen MR) is 141 cm³/mol. The molecule has 2 spiro atoms. The van der Waals surface area contributed by atoms with Crippen molar-refractivity contribution in [3.05, 3.63) is 0 Å². The quantitative estimate of drug-likeness (QED) is 0.364. The highest BCUT2D eigenvalue weighted by Crippen LogP contribution is 2.76. The summed E-state index contributed by atoms with van der Waals surface area (Å²) in [5.74, 6) is -6.62. The van der Waals surface area contributed by atoms with E-state index in [1.807, 2.05) is 27.7 Å². The van der Waals surface area contributed by atoms with E-state index < -0.39 is 82.0 Å². The Morgan fingerprint density at radius 1 is 1.12 bits per heavy atom. The van der Waals surface area contributed by atoms with Crippen LogP contribution in [0.25, 0.3) is 0 Å². The van der Waals surface area contributed by atoms with E-state index in [-0.39, 0.29) is 42.5 Å². The molecule has 2 N–H and O–H groups in total. The lowest BCUT2D eigenvalue weighted by atomic mass is 9.67. The number of hydrogen-bond donors (Lipinski definition) is 2. The number of Topliss-reactive ketones (excluding diaryl/α,β-unsaturated/α-hetero) is 1. The Kier molecular flexibility index (Phi) is 5.84. The van der Waals surface area contributed by atoms with Gasteiger partial charge in [-0.15, -0.1) is 0 Å². The van der Waals surface area contributed by atoms with Crippen LogP contribution in [0, 0.1) is 40.9 Å². The summed E-state index contributed by atoms with van der Waals surface area (Å²) in [6.07, 6.45) is -1.37. The summed E-state index contributed by atoms with van der Waals surface area (Å²) in [7, 11) is 0. The van der Waals surface area contributed by atoms with E-state index in [4.69, 9.17) is 23.7 Å². The molecule has 0 radical (unpaired) electrons. The van der Waals surface area contributed by atoms with Gasteiger partial charge < -0.3 is 33.9 Å². The molecule has 5 aliphatic heterocycles. The van der Waals surface area contributed by atoms with Crippen LogP contribution in [0.4, 0.5) is 0 Å². The lowest BCUT2D eigenvalue weighted by Gasteiger charge is -2.45. The van der Waals surface area contributed by atoms with Crippen molar-refractivity contribution >= 4 is 23.7 Å². The fourth-order valence-corrected chi connectivity index (χ4v) is 10.7. The average molecular weight is 591 g/mol. The van der Waals surface area contributed by atoms with Gasteiger partial charge in [0, 0.05) is 31.1 Å². The van der Waals surface area contributed by atoms with Crippen LogP contribution in [0.2, 0.25) is 0 Å². The van der Waals surface area contributed by atoms with Gasteiger partial charge in [-0.05, 0) is 50.9 Å². The smallest absolute Gasteiger partial charge is 0.309 e. The van der Waals surface area contributed by atoms with Gasteiger partial charge in [0.2, 0.25) is 5.79 Å². The van der Waals surface area contributed by atoms with Gasteiger partial charge in [0.15, 0.2) is 11.4 Å². The number of carbonyl (C=O) groups excluding carboxylic acids is 4. The molecule has 11 nitrogen and oxygen atoms in total. The van der Waals surface area contributed by atoms with Crippen molar-refractivity contribution in [1.29, 1.82) is 0 Å². The zero-order chi connectivity index (χ0) is 30.4. The van der Waals surface area contributed by atoms with Crippen molar-refractivity contribution in [1.82, 2.24) is 0 Å². The largest absolute Gasteiger partial charge is 0.458 e. The maximum Gasteiger partial charge on any atom is 0.309 e. The van der Waals surface area contributed by atoms with Gasteiger partial charge in [0.05, 0.1) is 23.9 Å². The molecule has 14 atom stereocenters. The van der Waals surface area contributed by atoms with Crippen LogP contribution in [0.1, 0.15) is 80.1 Å². The molecule has 7 aliphatic rings.